The molecule has 2 rings (SSSR count). The van der Waals surface area contributed by atoms with E-state index < -0.39 is 0 Å². The van der Waals surface area contributed by atoms with Gasteiger partial charge in [0.05, 0.1) is 17.7 Å². The standard InChI is InChI=1S/C10H18N4/c1-7-10-9(12-6-13(10)2)4-8(5-11)14(7)3/h6-8H,4-5,11H2,1-3H3. The molecule has 1 aliphatic rings. The van der Waals surface area contributed by atoms with E-state index in [2.05, 4.69) is 35.5 Å². The molecular formula is C10H18N4. The van der Waals surface area contributed by atoms with Crippen LogP contribution in [-0.2, 0) is 13.5 Å². The molecule has 78 valence electrons. The van der Waals surface area contributed by atoms with Gasteiger partial charge in [-0.1, -0.05) is 0 Å². The molecule has 2 heterocycles. The van der Waals surface area contributed by atoms with Gasteiger partial charge < -0.3 is 10.3 Å². The van der Waals surface area contributed by atoms with Crippen molar-refractivity contribution < 1.29 is 0 Å². The normalized spacial score (nSPS) is 27.7. The predicted molar refractivity (Wildman–Crippen MR) is 55.9 cm³/mol. The first-order valence-electron chi connectivity index (χ1n) is 5.07. The van der Waals surface area contributed by atoms with E-state index in [0.717, 1.165) is 6.42 Å². The molecule has 0 aliphatic carbocycles. The lowest BCUT2D eigenvalue weighted by Gasteiger charge is -2.37. The maximum absolute atomic E-state index is 5.74. The molecule has 0 saturated heterocycles. The van der Waals surface area contributed by atoms with Gasteiger partial charge in [-0.15, -0.1) is 0 Å². The topological polar surface area (TPSA) is 47.1 Å². The first-order valence-corrected chi connectivity index (χ1v) is 5.07. The molecule has 0 spiro atoms. The quantitative estimate of drug-likeness (QED) is 0.699. The Morgan fingerprint density at radius 2 is 2.29 bits per heavy atom. The summed E-state index contributed by atoms with van der Waals surface area (Å²) in [5.41, 5.74) is 8.29. The van der Waals surface area contributed by atoms with Crippen LogP contribution in [0, 0.1) is 0 Å². The summed E-state index contributed by atoms with van der Waals surface area (Å²) >= 11 is 0. The third kappa shape index (κ3) is 1.26. The second-order valence-corrected chi connectivity index (χ2v) is 4.12. The van der Waals surface area contributed by atoms with Crippen LogP contribution in [0.25, 0.3) is 0 Å². The van der Waals surface area contributed by atoms with Gasteiger partial charge >= 0.3 is 0 Å². The molecule has 0 amide bonds. The molecule has 14 heavy (non-hydrogen) atoms. The average molecular weight is 194 g/mol. The summed E-state index contributed by atoms with van der Waals surface area (Å²) in [6.45, 7) is 2.92. The van der Waals surface area contributed by atoms with Gasteiger partial charge in [0.2, 0.25) is 0 Å². The Kier molecular flexibility index (Phi) is 2.33. The first kappa shape index (κ1) is 9.68. The molecule has 0 fully saturated rings. The van der Waals surface area contributed by atoms with Crippen LogP contribution in [0.2, 0.25) is 0 Å². The van der Waals surface area contributed by atoms with E-state index in [-0.39, 0.29) is 0 Å². The van der Waals surface area contributed by atoms with Crippen molar-refractivity contribution in [3.63, 3.8) is 0 Å². The van der Waals surface area contributed by atoms with E-state index in [0.29, 0.717) is 18.6 Å². The highest BCUT2D eigenvalue weighted by molar-refractivity contribution is 5.21. The molecule has 2 atom stereocenters. The molecule has 1 aliphatic heterocycles. The van der Waals surface area contributed by atoms with Gasteiger partial charge in [-0.25, -0.2) is 4.98 Å². The Morgan fingerprint density at radius 3 is 2.93 bits per heavy atom. The number of aromatic nitrogens is 2. The largest absolute Gasteiger partial charge is 0.336 e. The minimum absolute atomic E-state index is 0.416. The van der Waals surface area contributed by atoms with Crippen LogP contribution in [-0.4, -0.2) is 34.1 Å². The number of rotatable bonds is 1. The Morgan fingerprint density at radius 1 is 1.57 bits per heavy atom. The van der Waals surface area contributed by atoms with Gasteiger partial charge in [-0.05, 0) is 14.0 Å². The van der Waals surface area contributed by atoms with E-state index >= 15 is 0 Å². The van der Waals surface area contributed by atoms with Crippen LogP contribution in [0.15, 0.2) is 6.33 Å². The molecule has 0 saturated carbocycles. The zero-order valence-corrected chi connectivity index (χ0v) is 9.07. The SMILES string of the molecule is CC1c2c(ncn2C)CC(CN)N1C. The molecule has 2 unspecified atom stereocenters. The fourth-order valence-electron chi connectivity index (χ4n) is 2.31. The van der Waals surface area contributed by atoms with Crippen LogP contribution in [0.3, 0.4) is 0 Å². The van der Waals surface area contributed by atoms with Crippen molar-refractivity contribution in [3.8, 4) is 0 Å². The minimum Gasteiger partial charge on any atom is -0.336 e. The third-order valence-electron chi connectivity index (χ3n) is 3.35. The Hall–Kier alpha value is -0.870. The lowest BCUT2D eigenvalue weighted by atomic mass is 9.98. The van der Waals surface area contributed by atoms with Gasteiger partial charge in [-0.2, -0.15) is 0 Å². The van der Waals surface area contributed by atoms with Crippen LogP contribution in [0.5, 0.6) is 0 Å². The molecule has 1 aromatic rings. The van der Waals surface area contributed by atoms with Gasteiger partial charge in [-0.3, -0.25) is 4.90 Å². The highest BCUT2D eigenvalue weighted by Crippen LogP contribution is 2.29. The Bertz CT molecular complexity index is 331. The number of nitrogens with zero attached hydrogens (tertiary/aromatic N) is 3. The lowest BCUT2D eigenvalue weighted by molar-refractivity contribution is 0.164. The predicted octanol–water partition coefficient (Wildman–Crippen LogP) is 0.296. The number of hydrogen-bond acceptors (Lipinski definition) is 3. The third-order valence-corrected chi connectivity index (χ3v) is 3.35. The summed E-state index contributed by atoms with van der Waals surface area (Å²) < 4.78 is 2.11. The molecule has 4 nitrogen and oxygen atoms in total. The van der Waals surface area contributed by atoms with Gasteiger partial charge in [0.1, 0.15) is 0 Å². The highest BCUT2D eigenvalue weighted by Gasteiger charge is 2.30. The molecule has 0 bridgehead atoms. The Labute approximate surface area is 84.7 Å². The second kappa shape index (κ2) is 3.37. The first-order chi connectivity index (χ1) is 6.65. The van der Waals surface area contributed by atoms with E-state index in [1.54, 1.807) is 0 Å². The minimum atomic E-state index is 0.416. The van der Waals surface area contributed by atoms with Crippen molar-refractivity contribution in [2.45, 2.75) is 25.4 Å². The van der Waals surface area contributed by atoms with E-state index in [4.69, 9.17) is 5.73 Å². The van der Waals surface area contributed by atoms with Crippen LogP contribution in [0.1, 0.15) is 24.4 Å². The zero-order chi connectivity index (χ0) is 10.3. The molecule has 4 heteroatoms. The number of imidazole rings is 1. The van der Waals surface area contributed by atoms with Crippen molar-refractivity contribution in [1.29, 1.82) is 0 Å². The summed E-state index contributed by atoms with van der Waals surface area (Å²) in [4.78, 5) is 6.76. The summed E-state index contributed by atoms with van der Waals surface area (Å²) in [5, 5.41) is 0. The molecule has 1 aromatic heterocycles. The lowest BCUT2D eigenvalue weighted by Crippen LogP contribution is -2.44. The van der Waals surface area contributed by atoms with Gasteiger partial charge in [0, 0.05) is 32.1 Å². The zero-order valence-electron chi connectivity index (χ0n) is 9.07. The Balaban J connectivity index is 2.39. The van der Waals surface area contributed by atoms with Crippen LogP contribution < -0.4 is 5.73 Å². The van der Waals surface area contributed by atoms with Gasteiger partial charge in [0.15, 0.2) is 0 Å². The van der Waals surface area contributed by atoms with Crippen LogP contribution in [0.4, 0.5) is 0 Å². The summed E-state index contributed by atoms with van der Waals surface area (Å²) in [6.07, 6.45) is 2.88. The summed E-state index contributed by atoms with van der Waals surface area (Å²) in [7, 11) is 4.19. The maximum atomic E-state index is 5.74. The van der Waals surface area contributed by atoms with Crippen molar-refractivity contribution in [2.75, 3.05) is 13.6 Å². The van der Waals surface area contributed by atoms with Crippen LogP contribution >= 0.6 is 0 Å². The van der Waals surface area contributed by atoms with E-state index in [1.165, 1.54) is 11.4 Å². The molecule has 0 radical (unpaired) electrons. The van der Waals surface area contributed by atoms with Crippen molar-refractivity contribution >= 4 is 0 Å². The van der Waals surface area contributed by atoms with E-state index in [9.17, 15) is 0 Å². The summed E-state index contributed by atoms with van der Waals surface area (Å²) in [6, 6.07) is 0.854. The maximum Gasteiger partial charge on any atom is 0.0949 e. The number of hydrogen-bond donors (Lipinski definition) is 1. The van der Waals surface area contributed by atoms with Gasteiger partial charge in [0.25, 0.3) is 0 Å². The monoisotopic (exact) mass is 194 g/mol. The smallest absolute Gasteiger partial charge is 0.0949 e. The average Bonchev–Trinajstić information content (AvgIpc) is 2.54. The number of nitrogens with two attached hydrogens (primary N) is 1. The highest BCUT2D eigenvalue weighted by atomic mass is 15.2. The fourth-order valence-corrected chi connectivity index (χ4v) is 2.31. The molecule has 2 N–H and O–H groups in total. The number of fused-ring (bicyclic) bond motifs is 1. The fraction of sp³-hybridized carbons (Fsp3) is 0.700. The van der Waals surface area contributed by atoms with Crippen molar-refractivity contribution in [3.05, 3.63) is 17.7 Å². The molecular weight excluding hydrogens is 176 g/mol. The summed E-state index contributed by atoms with van der Waals surface area (Å²) in [5.74, 6) is 0. The number of likely N-dealkylation sites (N-methyl/N-ethyl adjacent to an activating group) is 1. The molecule has 0 aromatic carbocycles. The second-order valence-electron chi connectivity index (χ2n) is 4.12. The number of aryl methyl sites for hydroxylation is 1. The van der Waals surface area contributed by atoms with E-state index in [1.807, 2.05) is 6.33 Å². The van der Waals surface area contributed by atoms with Crippen molar-refractivity contribution in [1.82, 2.24) is 14.5 Å². The van der Waals surface area contributed by atoms with Crippen molar-refractivity contribution in [2.24, 2.45) is 12.8 Å².